The number of carbonyl (C=O) groups is 2. The monoisotopic (exact) mass is 469 g/mol. The molecule has 180 valence electrons. The Bertz CT molecular complexity index is 1110. The summed E-state index contributed by atoms with van der Waals surface area (Å²) in [7, 11) is 0. The SMILES string of the molecule is O=C1CC(CCc2cccc(O)c2)(C2CCCC2)OC(=O)C1N(c1ccccc1)c1ccccc1. The van der Waals surface area contributed by atoms with E-state index in [0.717, 1.165) is 42.6 Å². The van der Waals surface area contributed by atoms with Gasteiger partial charge in [-0.15, -0.1) is 0 Å². The van der Waals surface area contributed by atoms with Crippen molar-refractivity contribution in [3.63, 3.8) is 0 Å². The first-order chi connectivity index (χ1) is 17.1. The molecule has 0 aromatic heterocycles. The second-order valence-corrected chi connectivity index (χ2v) is 9.72. The zero-order chi connectivity index (χ0) is 24.3. The van der Waals surface area contributed by atoms with Gasteiger partial charge in [-0.05, 0) is 73.6 Å². The smallest absolute Gasteiger partial charge is 0.337 e. The molecule has 3 aromatic rings. The fourth-order valence-electron chi connectivity index (χ4n) is 5.78. The number of aromatic hydroxyl groups is 1. The van der Waals surface area contributed by atoms with Crippen molar-refractivity contribution in [2.45, 2.75) is 56.6 Å². The number of hydrogen-bond donors (Lipinski definition) is 1. The summed E-state index contributed by atoms with van der Waals surface area (Å²) in [5, 5.41) is 9.88. The predicted molar refractivity (Wildman–Crippen MR) is 136 cm³/mol. The molecule has 0 bridgehead atoms. The van der Waals surface area contributed by atoms with Crippen molar-refractivity contribution < 1.29 is 19.4 Å². The van der Waals surface area contributed by atoms with Gasteiger partial charge in [-0.2, -0.15) is 0 Å². The molecule has 1 saturated carbocycles. The Morgan fingerprint density at radius 3 is 2.06 bits per heavy atom. The highest BCUT2D eigenvalue weighted by molar-refractivity contribution is 6.09. The minimum Gasteiger partial charge on any atom is -0.508 e. The molecule has 1 saturated heterocycles. The van der Waals surface area contributed by atoms with Crippen LogP contribution in [0, 0.1) is 5.92 Å². The van der Waals surface area contributed by atoms with E-state index in [4.69, 9.17) is 4.74 Å². The lowest BCUT2D eigenvalue weighted by atomic mass is 9.75. The van der Waals surface area contributed by atoms with Gasteiger partial charge in [0.05, 0.1) is 0 Å². The number of phenolic OH excluding ortho intramolecular Hbond substituents is 1. The van der Waals surface area contributed by atoms with E-state index < -0.39 is 17.6 Å². The Labute approximate surface area is 206 Å². The molecule has 1 aliphatic heterocycles. The molecule has 5 rings (SSSR count). The largest absolute Gasteiger partial charge is 0.508 e. The number of para-hydroxylation sites is 2. The Balaban J connectivity index is 1.46. The number of carbonyl (C=O) groups excluding carboxylic acids is 2. The fourth-order valence-corrected chi connectivity index (χ4v) is 5.78. The highest BCUT2D eigenvalue weighted by atomic mass is 16.6. The van der Waals surface area contributed by atoms with Crippen molar-refractivity contribution >= 4 is 23.1 Å². The number of cyclic esters (lactones) is 1. The Hall–Kier alpha value is -3.60. The summed E-state index contributed by atoms with van der Waals surface area (Å²) in [6.45, 7) is 0. The van der Waals surface area contributed by atoms with Crippen molar-refractivity contribution in [2.75, 3.05) is 4.90 Å². The van der Waals surface area contributed by atoms with Crippen molar-refractivity contribution in [2.24, 2.45) is 5.92 Å². The first kappa shape index (κ1) is 23.2. The number of nitrogens with zero attached hydrogens (tertiary/aromatic N) is 1. The first-order valence-corrected chi connectivity index (χ1v) is 12.5. The summed E-state index contributed by atoms with van der Waals surface area (Å²) in [6.07, 6.45) is 5.53. The van der Waals surface area contributed by atoms with Crippen LogP contribution in [0.15, 0.2) is 84.9 Å². The normalized spacial score (nSPS) is 22.7. The summed E-state index contributed by atoms with van der Waals surface area (Å²) < 4.78 is 6.35. The third-order valence-electron chi connectivity index (χ3n) is 7.48. The summed E-state index contributed by atoms with van der Waals surface area (Å²) in [5.74, 6) is -0.181. The molecule has 2 atom stereocenters. The maximum atomic E-state index is 13.8. The van der Waals surface area contributed by atoms with Gasteiger partial charge in [0.2, 0.25) is 0 Å². The number of anilines is 2. The van der Waals surface area contributed by atoms with Gasteiger partial charge in [-0.25, -0.2) is 4.79 Å². The number of esters is 1. The maximum absolute atomic E-state index is 13.8. The van der Waals surface area contributed by atoms with Gasteiger partial charge in [0, 0.05) is 17.8 Å². The molecular formula is C30H31NO4. The van der Waals surface area contributed by atoms with Crippen LogP contribution < -0.4 is 4.90 Å². The highest BCUT2D eigenvalue weighted by Crippen LogP contribution is 2.45. The van der Waals surface area contributed by atoms with E-state index in [1.165, 1.54) is 0 Å². The topological polar surface area (TPSA) is 66.8 Å². The van der Waals surface area contributed by atoms with Crippen LogP contribution in [-0.2, 0) is 20.7 Å². The molecular weight excluding hydrogens is 438 g/mol. The van der Waals surface area contributed by atoms with E-state index in [0.29, 0.717) is 12.8 Å². The van der Waals surface area contributed by atoms with Gasteiger partial charge >= 0.3 is 5.97 Å². The van der Waals surface area contributed by atoms with Gasteiger partial charge in [0.15, 0.2) is 11.8 Å². The van der Waals surface area contributed by atoms with E-state index in [-0.39, 0.29) is 23.9 Å². The molecule has 1 aliphatic carbocycles. The molecule has 3 aromatic carbocycles. The second-order valence-electron chi connectivity index (χ2n) is 9.72. The number of ketones is 1. The fraction of sp³-hybridized carbons (Fsp3) is 0.333. The van der Waals surface area contributed by atoms with E-state index >= 15 is 0 Å². The summed E-state index contributed by atoms with van der Waals surface area (Å²) in [4.78, 5) is 29.4. The van der Waals surface area contributed by atoms with Crippen LogP contribution in [0.4, 0.5) is 11.4 Å². The van der Waals surface area contributed by atoms with E-state index in [1.54, 1.807) is 17.0 Å². The van der Waals surface area contributed by atoms with Crippen LogP contribution >= 0.6 is 0 Å². The van der Waals surface area contributed by atoms with Gasteiger partial charge in [0.25, 0.3) is 0 Å². The quantitative estimate of drug-likeness (QED) is 0.341. The lowest BCUT2D eigenvalue weighted by Crippen LogP contribution is -2.58. The number of benzene rings is 3. The predicted octanol–water partition coefficient (Wildman–Crippen LogP) is 5.98. The Kier molecular flexibility index (Phi) is 6.58. The first-order valence-electron chi connectivity index (χ1n) is 12.5. The van der Waals surface area contributed by atoms with Crippen LogP contribution in [0.2, 0.25) is 0 Å². The number of ether oxygens (including phenoxy) is 1. The molecule has 2 aliphatic rings. The average Bonchev–Trinajstić information content (AvgIpc) is 3.42. The average molecular weight is 470 g/mol. The summed E-state index contributed by atoms with van der Waals surface area (Å²) >= 11 is 0. The molecule has 2 unspecified atom stereocenters. The van der Waals surface area contributed by atoms with Crippen molar-refractivity contribution in [1.82, 2.24) is 0 Å². The van der Waals surface area contributed by atoms with Gasteiger partial charge in [0.1, 0.15) is 11.4 Å². The van der Waals surface area contributed by atoms with Crippen molar-refractivity contribution in [1.29, 1.82) is 0 Å². The zero-order valence-electron chi connectivity index (χ0n) is 19.8. The number of rotatable bonds is 7. The Morgan fingerprint density at radius 1 is 0.857 bits per heavy atom. The zero-order valence-corrected chi connectivity index (χ0v) is 19.8. The number of phenols is 1. The number of hydrogen-bond acceptors (Lipinski definition) is 5. The van der Waals surface area contributed by atoms with Crippen molar-refractivity contribution in [3.05, 3.63) is 90.5 Å². The number of aryl methyl sites for hydroxylation is 1. The van der Waals surface area contributed by atoms with Crippen LogP contribution in [0.5, 0.6) is 5.75 Å². The summed E-state index contributed by atoms with van der Waals surface area (Å²) in [6, 6.07) is 25.2. The maximum Gasteiger partial charge on any atom is 0.337 e. The van der Waals surface area contributed by atoms with Crippen LogP contribution in [0.25, 0.3) is 0 Å². The van der Waals surface area contributed by atoms with Crippen LogP contribution in [0.1, 0.15) is 44.1 Å². The van der Waals surface area contributed by atoms with E-state index in [2.05, 4.69) is 0 Å². The molecule has 5 nitrogen and oxygen atoms in total. The third kappa shape index (κ3) is 4.81. The van der Waals surface area contributed by atoms with Crippen LogP contribution in [0.3, 0.4) is 0 Å². The molecule has 0 amide bonds. The third-order valence-corrected chi connectivity index (χ3v) is 7.48. The number of Topliss-reactive ketones (excluding diaryl/α,β-unsaturated/α-hetero) is 1. The molecule has 1 heterocycles. The lowest BCUT2D eigenvalue weighted by Gasteiger charge is -2.45. The lowest BCUT2D eigenvalue weighted by molar-refractivity contribution is -0.180. The standard InChI is InChI=1S/C30H31NO4/c32-26-17-9-10-22(20-26)18-19-30(23-11-7-8-12-23)21-27(33)28(29(34)35-30)31(24-13-3-1-4-14-24)25-15-5-2-6-16-25/h1-6,9-10,13-17,20,23,28,32H,7-8,11-12,18-19,21H2. The van der Waals surface area contributed by atoms with Gasteiger partial charge in [-0.3, -0.25) is 4.79 Å². The molecule has 0 radical (unpaired) electrons. The minimum absolute atomic E-state index is 0.100. The second kappa shape index (κ2) is 9.95. The molecule has 1 N–H and O–H groups in total. The Morgan fingerprint density at radius 2 is 1.49 bits per heavy atom. The highest BCUT2D eigenvalue weighted by Gasteiger charge is 2.53. The van der Waals surface area contributed by atoms with Crippen molar-refractivity contribution in [3.8, 4) is 5.75 Å². The molecule has 0 spiro atoms. The summed E-state index contributed by atoms with van der Waals surface area (Å²) in [5.41, 5.74) is 1.73. The van der Waals surface area contributed by atoms with Crippen LogP contribution in [-0.4, -0.2) is 28.5 Å². The molecule has 2 fully saturated rings. The van der Waals surface area contributed by atoms with Gasteiger partial charge < -0.3 is 14.7 Å². The molecule has 35 heavy (non-hydrogen) atoms. The molecule has 5 heteroatoms. The van der Waals surface area contributed by atoms with E-state index in [9.17, 15) is 14.7 Å². The van der Waals surface area contributed by atoms with Gasteiger partial charge in [-0.1, -0.05) is 61.4 Å². The van der Waals surface area contributed by atoms with E-state index in [1.807, 2.05) is 72.8 Å². The minimum atomic E-state index is -1.02.